The molecule has 0 spiro atoms. The molecule has 0 aromatic rings. The van der Waals surface area contributed by atoms with Crippen molar-refractivity contribution in [2.24, 2.45) is 11.8 Å². The summed E-state index contributed by atoms with van der Waals surface area (Å²) >= 11 is 0. The van der Waals surface area contributed by atoms with Crippen molar-refractivity contribution in [2.75, 3.05) is 18.6 Å². The Morgan fingerprint density at radius 2 is 2.12 bits per heavy atom. The highest BCUT2D eigenvalue weighted by atomic mass is 32.2. The topological polar surface area (TPSA) is 46.2 Å². The molecule has 16 heavy (non-hydrogen) atoms. The maximum absolute atomic E-state index is 11.4. The second kappa shape index (κ2) is 6.01. The van der Waals surface area contributed by atoms with Crippen LogP contribution < -0.4 is 5.32 Å². The largest absolute Gasteiger partial charge is 0.317 e. The first-order valence-corrected chi connectivity index (χ1v) is 8.16. The van der Waals surface area contributed by atoms with Crippen LogP contribution in [0.4, 0.5) is 0 Å². The van der Waals surface area contributed by atoms with Crippen LogP contribution in [-0.2, 0) is 9.84 Å². The SMILES string of the molecule is CCC(C)CC(CC1CCS(=O)(=O)C1)NC. The number of sulfone groups is 1. The summed E-state index contributed by atoms with van der Waals surface area (Å²) in [6, 6.07) is 0.480. The first-order valence-electron chi connectivity index (χ1n) is 6.34. The second-order valence-electron chi connectivity index (χ2n) is 5.24. The van der Waals surface area contributed by atoms with Crippen molar-refractivity contribution in [3.63, 3.8) is 0 Å². The van der Waals surface area contributed by atoms with Gasteiger partial charge in [-0.2, -0.15) is 0 Å². The van der Waals surface area contributed by atoms with Crippen molar-refractivity contribution in [3.05, 3.63) is 0 Å². The highest BCUT2D eigenvalue weighted by Crippen LogP contribution is 2.25. The molecule has 0 aliphatic carbocycles. The van der Waals surface area contributed by atoms with Gasteiger partial charge in [-0.15, -0.1) is 0 Å². The molecule has 1 fully saturated rings. The van der Waals surface area contributed by atoms with Crippen LogP contribution in [0.15, 0.2) is 0 Å². The summed E-state index contributed by atoms with van der Waals surface area (Å²) in [5.74, 6) is 1.91. The predicted molar refractivity (Wildman–Crippen MR) is 68.3 cm³/mol. The molecule has 1 saturated heterocycles. The summed E-state index contributed by atoms with van der Waals surface area (Å²) in [6.45, 7) is 4.47. The molecule has 0 bridgehead atoms. The molecule has 0 amide bonds. The van der Waals surface area contributed by atoms with Crippen LogP contribution in [0.1, 0.15) is 39.5 Å². The minimum atomic E-state index is -2.71. The van der Waals surface area contributed by atoms with E-state index < -0.39 is 9.84 Å². The zero-order valence-electron chi connectivity index (χ0n) is 10.7. The average molecular weight is 247 g/mol. The van der Waals surface area contributed by atoms with Gasteiger partial charge in [0.15, 0.2) is 9.84 Å². The fourth-order valence-corrected chi connectivity index (χ4v) is 4.32. The van der Waals surface area contributed by atoms with Gasteiger partial charge in [-0.25, -0.2) is 8.42 Å². The van der Waals surface area contributed by atoms with Gasteiger partial charge in [-0.1, -0.05) is 20.3 Å². The zero-order valence-corrected chi connectivity index (χ0v) is 11.5. The van der Waals surface area contributed by atoms with Crippen molar-refractivity contribution in [1.82, 2.24) is 5.32 Å². The quantitative estimate of drug-likeness (QED) is 0.779. The van der Waals surface area contributed by atoms with E-state index in [-0.39, 0.29) is 0 Å². The first-order chi connectivity index (χ1) is 7.46. The van der Waals surface area contributed by atoms with Gasteiger partial charge in [0, 0.05) is 6.04 Å². The van der Waals surface area contributed by atoms with E-state index in [1.165, 1.54) is 6.42 Å². The Hall–Kier alpha value is -0.0900. The standard InChI is InChI=1S/C12H25NO2S/c1-4-10(2)7-12(13-3)8-11-5-6-16(14,15)9-11/h10-13H,4-9H2,1-3H3. The van der Waals surface area contributed by atoms with Gasteiger partial charge in [0.25, 0.3) is 0 Å². The molecule has 4 heteroatoms. The Kier molecular flexibility index (Phi) is 5.25. The van der Waals surface area contributed by atoms with Gasteiger partial charge in [-0.3, -0.25) is 0 Å². The van der Waals surface area contributed by atoms with Crippen molar-refractivity contribution in [3.8, 4) is 0 Å². The molecular formula is C12H25NO2S. The molecule has 1 heterocycles. The Morgan fingerprint density at radius 3 is 2.56 bits per heavy atom. The molecule has 1 N–H and O–H groups in total. The van der Waals surface area contributed by atoms with Crippen LogP contribution in [0, 0.1) is 11.8 Å². The van der Waals surface area contributed by atoms with E-state index in [0.29, 0.717) is 23.5 Å². The van der Waals surface area contributed by atoms with Crippen molar-refractivity contribution < 1.29 is 8.42 Å². The number of rotatable bonds is 6. The summed E-state index contributed by atoms with van der Waals surface area (Å²) < 4.78 is 22.7. The minimum Gasteiger partial charge on any atom is -0.317 e. The third-order valence-corrected chi connectivity index (χ3v) is 5.57. The molecule has 0 saturated carbocycles. The Balaban J connectivity index is 2.39. The highest BCUT2D eigenvalue weighted by molar-refractivity contribution is 7.91. The van der Waals surface area contributed by atoms with E-state index in [1.807, 2.05) is 7.05 Å². The molecule has 0 aromatic carbocycles. The molecule has 1 aliphatic heterocycles. The number of nitrogens with one attached hydrogen (secondary N) is 1. The molecule has 96 valence electrons. The van der Waals surface area contributed by atoms with Gasteiger partial charge in [0.1, 0.15) is 0 Å². The van der Waals surface area contributed by atoms with Gasteiger partial charge in [0.05, 0.1) is 11.5 Å². The van der Waals surface area contributed by atoms with Crippen molar-refractivity contribution >= 4 is 9.84 Å². The first kappa shape index (κ1) is 14.0. The van der Waals surface area contributed by atoms with Gasteiger partial charge >= 0.3 is 0 Å². The van der Waals surface area contributed by atoms with Crippen molar-refractivity contribution in [1.29, 1.82) is 0 Å². The molecule has 0 radical (unpaired) electrons. The molecule has 1 rings (SSSR count). The average Bonchev–Trinajstić information content (AvgIpc) is 2.56. The molecule has 3 nitrogen and oxygen atoms in total. The van der Waals surface area contributed by atoms with Crippen LogP contribution in [0.25, 0.3) is 0 Å². The van der Waals surface area contributed by atoms with E-state index in [4.69, 9.17) is 0 Å². The van der Waals surface area contributed by atoms with Crippen molar-refractivity contribution in [2.45, 2.75) is 45.6 Å². The van der Waals surface area contributed by atoms with Gasteiger partial charge in [0.2, 0.25) is 0 Å². The van der Waals surface area contributed by atoms with Crippen LogP contribution in [0.2, 0.25) is 0 Å². The van der Waals surface area contributed by atoms with E-state index in [0.717, 1.165) is 25.2 Å². The number of hydrogen-bond acceptors (Lipinski definition) is 3. The van der Waals surface area contributed by atoms with Crippen LogP contribution in [0.5, 0.6) is 0 Å². The third-order valence-electron chi connectivity index (χ3n) is 3.74. The zero-order chi connectivity index (χ0) is 12.2. The fraction of sp³-hybridized carbons (Fsp3) is 1.00. The summed E-state index contributed by atoms with van der Waals surface area (Å²) in [6.07, 6.45) is 4.23. The van der Waals surface area contributed by atoms with Crippen LogP contribution >= 0.6 is 0 Å². The lowest BCUT2D eigenvalue weighted by molar-refractivity contribution is 0.353. The monoisotopic (exact) mass is 247 g/mol. The molecule has 0 aromatic heterocycles. The maximum atomic E-state index is 11.4. The van der Waals surface area contributed by atoms with Crippen LogP contribution in [0.3, 0.4) is 0 Å². The molecule has 3 atom stereocenters. The lowest BCUT2D eigenvalue weighted by Crippen LogP contribution is -2.30. The summed E-state index contributed by atoms with van der Waals surface area (Å²) in [7, 11) is -0.728. The maximum Gasteiger partial charge on any atom is 0.150 e. The summed E-state index contributed by atoms with van der Waals surface area (Å²) in [5.41, 5.74) is 0. The molecule has 1 aliphatic rings. The Morgan fingerprint density at radius 1 is 1.44 bits per heavy atom. The highest BCUT2D eigenvalue weighted by Gasteiger charge is 2.29. The molecule has 3 unspecified atom stereocenters. The number of hydrogen-bond donors (Lipinski definition) is 1. The normalized spacial score (nSPS) is 27.8. The predicted octanol–water partition coefficient (Wildman–Crippen LogP) is 1.84. The Labute approximate surface area is 99.9 Å². The smallest absolute Gasteiger partial charge is 0.150 e. The molecular weight excluding hydrogens is 222 g/mol. The fourth-order valence-electron chi connectivity index (χ4n) is 2.44. The lowest BCUT2D eigenvalue weighted by Gasteiger charge is -2.22. The van der Waals surface area contributed by atoms with Gasteiger partial charge < -0.3 is 5.32 Å². The van der Waals surface area contributed by atoms with E-state index >= 15 is 0 Å². The van der Waals surface area contributed by atoms with E-state index in [1.54, 1.807) is 0 Å². The second-order valence-corrected chi connectivity index (χ2v) is 7.47. The minimum absolute atomic E-state index is 0.381. The summed E-state index contributed by atoms with van der Waals surface area (Å²) in [4.78, 5) is 0. The Bertz CT molecular complexity index is 300. The van der Waals surface area contributed by atoms with Crippen LogP contribution in [-0.4, -0.2) is 33.0 Å². The summed E-state index contributed by atoms with van der Waals surface area (Å²) in [5, 5.41) is 3.33. The van der Waals surface area contributed by atoms with E-state index in [2.05, 4.69) is 19.2 Å². The third kappa shape index (κ3) is 4.42. The lowest BCUT2D eigenvalue weighted by atomic mass is 9.92. The van der Waals surface area contributed by atoms with E-state index in [9.17, 15) is 8.42 Å². The van der Waals surface area contributed by atoms with Gasteiger partial charge in [-0.05, 0) is 38.1 Å².